The first-order valence-corrected chi connectivity index (χ1v) is 7.23. The predicted molar refractivity (Wildman–Crippen MR) is 78.4 cm³/mol. The van der Waals surface area contributed by atoms with Gasteiger partial charge in [-0.25, -0.2) is 9.59 Å². The van der Waals surface area contributed by atoms with E-state index in [0.717, 1.165) is 40.8 Å². The standard InChI is InChI=1S/C16H18N2O3/c1-11-5-4-6-12(9-11)10-17-16(20)18-14-8-3-2-7-13(14)15(19)21-18/h4-6,9H,2-3,7-8,10H2,1H3,(H,17,20). The van der Waals surface area contributed by atoms with Gasteiger partial charge in [-0.15, -0.1) is 4.74 Å². The topological polar surface area (TPSA) is 64.2 Å². The Morgan fingerprint density at radius 1 is 1.33 bits per heavy atom. The lowest BCUT2D eigenvalue weighted by atomic mass is 9.98. The van der Waals surface area contributed by atoms with Crippen molar-refractivity contribution in [1.29, 1.82) is 0 Å². The molecule has 1 N–H and O–H groups in total. The van der Waals surface area contributed by atoms with Gasteiger partial charge in [0.05, 0.1) is 11.3 Å². The summed E-state index contributed by atoms with van der Waals surface area (Å²) in [6.45, 7) is 2.42. The molecule has 1 aromatic heterocycles. The van der Waals surface area contributed by atoms with E-state index in [1.807, 2.05) is 31.2 Å². The molecule has 1 aromatic carbocycles. The fourth-order valence-electron chi connectivity index (χ4n) is 2.76. The van der Waals surface area contributed by atoms with Crippen LogP contribution < -0.4 is 10.9 Å². The summed E-state index contributed by atoms with van der Waals surface area (Å²) in [6, 6.07) is 7.55. The maximum atomic E-state index is 12.2. The summed E-state index contributed by atoms with van der Waals surface area (Å²) < 4.78 is 6.22. The lowest BCUT2D eigenvalue weighted by molar-refractivity contribution is 0.204. The van der Waals surface area contributed by atoms with Crippen LogP contribution in [0.3, 0.4) is 0 Å². The first-order valence-electron chi connectivity index (χ1n) is 7.23. The maximum Gasteiger partial charge on any atom is 0.361 e. The second-order valence-corrected chi connectivity index (χ2v) is 5.45. The highest BCUT2D eigenvalue weighted by molar-refractivity contribution is 5.76. The Bertz CT molecular complexity index is 727. The molecule has 5 heteroatoms. The molecule has 0 bridgehead atoms. The van der Waals surface area contributed by atoms with Gasteiger partial charge in [0, 0.05) is 6.54 Å². The van der Waals surface area contributed by atoms with E-state index < -0.39 is 0 Å². The normalized spacial score (nSPS) is 13.8. The van der Waals surface area contributed by atoms with Gasteiger partial charge >= 0.3 is 11.7 Å². The summed E-state index contributed by atoms with van der Waals surface area (Å²) >= 11 is 0. The quantitative estimate of drug-likeness (QED) is 0.922. The molecule has 1 aliphatic carbocycles. The Kier molecular flexibility index (Phi) is 3.64. The molecule has 0 fully saturated rings. The van der Waals surface area contributed by atoms with Gasteiger partial charge in [0.2, 0.25) is 0 Å². The smallest absolute Gasteiger partial charge is 0.331 e. The predicted octanol–water partition coefficient (Wildman–Crippen LogP) is 2.39. The van der Waals surface area contributed by atoms with Crippen molar-refractivity contribution in [2.24, 2.45) is 0 Å². The molecular weight excluding hydrogens is 268 g/mol. The van der Waals surface area contributed by atoms with Crippen molar-refractivity contribution in [2.75, 3.05) is 0 Å². The van der Waals surface area contributed by atoms with Crippen molar-refractivity contribution < 1.29 is 9.32 Å². The Hall–Kier alpha value is -2.30. The highest BCUT2D eigenvalue weighted by atomic mass is 16.5. The van der Waals surface area contributed by atoms with Gasteiger partial charge in [0.15, 0.2) is 0 Å². The molecule has 0 saturated heterocycles. The molecule has 0 unspecified atom stereocenters. The second kappa shape index (κ2) is 5.60. The van der Waals surface area contributed by atoms with Crippen molar-refractivity contribution >= 4 is 6.03 Å². The molecule has 2 aromatic rings. The van der Waals surface area contributed by atoms with Crippen LogP contribution in [0.5, 0.6) is 0 Å². The fourth-order valence-corrected chi connectivity index (χ4v) is 2.76. The zero-order valence-electron chi connectivity index (χ0n) is 12.0. The number of nitrogens with one attached hydrogen (secondary N) is 1. The van der Waals surface area contributed by atoms with E-state index in [1.54, 1.807) is 0 Å². The SMILES string of the molecule is Cc1cccc(CNC(=O)n2oc(=O)c3c2CCCC3)c1. The van der Waals surface area contributed by atoms with E-state index in [1.165, 1.54) is 0 Å². The van der Waals surface area contributed by atoms with Crippen LogP contribution in [0.1, 0.15) is 35.2 Å². The van der Waals surface area contributed by atoms with Crippen LogP contribution in [0.15, 0.2) is 33.6 Å². The summed E-state index contributed by atoms with van der Waals surface area (Å²) in [7, 11) is 0. The number of nitrogens with zero attached hydrogens (tertiary/aromatic N) is 1. The van der Waals surface area contributed by atoms with Crippen LogP contribution in [0, 0.1) is 6.92 Å². The van der Waals surface area contributed by atoms with Crippen LogP contribution in [0.2, 0.25) is 0 Å². The summed E-state index contributed by atoms with van der Waals surface area (Å²) in [4.78, 5) is 23.9. The van der Waals surface area contributed by atoms with E-state index in [2.05, 4.69) is 5.32 Å². The van der Waals surface area contributed by atoms with E-state index >= 15 is 0 Å². The van der Waals surface area contributed by atoms with Crippen LogP contribution in [0.25, 0.3) is 0 Å². The molecule has 3 rings (SSSR count). The summed E-state index contributed by atoms with van der Waals surface area (Å²) in [5, 5.41) is 2.80. The van der Waals surface area contributed by atoms with Gasteiger partial charge in [-0.05, 0) is 38.2 Å². The molecule has 0 saturated carbocycles. The number of hydrogen-bond acceptors (Lipinski definition) is 3. The van der Waals surface area contributed by atoms with Crippen molar-refractivity contribution in [3.8, 4) is 0 Å². The average molecular weight is 286 g/mol. The number of fused-ring (bicyclic) bond motifs is 1. The molecule has 0 aliphatic heterocycles. The van der Waals surface area contributed by atoms with Gasteiger partial charge in [0.1, 0.15) is 0 Å². The van der Waals surface area contributed by atoms with Crippen LogP contribution in [-0.4, -0.2) is 10.8 Å². The Labute approximate surface area is 122 Å². The third-order valence-corrected chi connectivity index (χ3v) is 3.82. The summed E-state index contributed by atoms with van der Waals surface area (Å²) in [6.07, 6.45) is 3.39. The summed E-state index contributed by atoms with van der Waals surface area (Å²) in [5.74, 6) is 0. The largest absolute Gasteiger partial charge is 0.361 e. The molecule has 21 heavy (non-hydrogen) atoms. The van der Waals surface area contributed by atoms with Crippen molar-refractivity contribution in [2.45, 2.75) is 39.2 Å². The molecule has 1 heterocycles. The van der Waals surface area contributed by atoms with Gasteiger partial charge in [-0.2, -0.15) is 0 Å². The number of hydrogen-bond donors (Lipinski definition) is 1. The zero-order chi connectivity index (χ0) is 14.8. The van der Waals surface area contributed by atoms with Gasteiger partial charge < -0.3 is 9.84 Å². The van der Waals surface area contributed by atoms with Crippen molar-refractivity contribution in [1.82, 2.24) is 10.1 Å². The average Bonchev–Trinajstić information content (AvgIpc) is 2.83. The Balaban J connectivity index is 1.76. The van der Waals surface area contributed by atoms with Crippen LogP contribution in [-0.2, 0) is 19.4 Å². The Morgan fingerprint density at radius 3 is 2.95 bits per heavy atom. The second-order valence-electron chi connectivity index (χ2n) is 5.45. The number of carbonyl (C=O) groups excluding carboxylic acids is 1. The molecule has 110 valence electrons. The van der Waals surface area contributed by atoms with Crippen LogP contribution in [0.4, 0.5) is 4.79 Å². The lowest BCUT2D eigenvalue weighted by Crippen LogP contribution is -2.29. The first kappa shape index (κ1) is 13.7. The molecular formula is C16H18N2O3. The highest BCUT2D eigenvalue weighted by Gasteiger charge is 2.23. The number of benzene rings is 1. The third kappa shape index (κ3) is 2.77. The maximum absolute atomic E-state index is 12.2. The molecule has 0 spiro atoms. The third-order valence-electron chi connectivity index (χ3n) is 3.82. The van der Waals surface area contributed by atoms with Gasteiger partial charge in [-0.1, -0.05) is 29.8 Å². The van der Waals surface area contributed by atoms with E-state index in [9.17, 15) is 9.59 Å². The van der Waals surface area contributed by atoms with E-state index in [0.29, 0.717) is 18.5 Å². The first-order chi connectivity index (χ1) is 10.1. The minimum Gasteiger partial charge on any atom is -0.331 e. The molecule has 0 radical (unpaired) electrons. The zero-order valence-corrected chi connectivity index (χ0v) is 12.0. The molecule has 1 aliphatic rings. The number of aryl methyl sites for hydroxylation is 1. The van der Waals surface area contributed by atoms with Crippen molar-refractivity contribution in [3.05, 3.63) is 57.1 Å². The van der Waals surface area contributed by atoms with E-state index in [-0.39, 0.29) is 11.7 Å². The number of amides is 1. The molecule has 1 amide bonds. The number of rotatable bonds is 2. The lowest BCUT2D eigenvalue weighted by Gasteiger charge is -2.11. The minimum atomic E-state index is -0.379. The van der Waals surface area contributed by atoms with Gasteiger partial charge in [0.25, 0.3) is 0 Å². The monoisotopic (exact) mass is 286 g/mol. The molecule has 5 nitrogen and oxygen atoms in total. The highest BCUT2D eigenvalue weighted by Crippen LogP contribution is 2.18. The Morgan fingerprint density at radius 2 is 2.14 bits per heavy atom. The minimum absolute atomic E-state index is 0.378. The van der Waals surface area contributed by atoms with E-state index in [4.69, 9.17) is 4.52 Å². The fraction of sp³-hybridized carbons (Fsp3) is 0.375. The van der Waals surface area contributed by atoms with Gasteiger partial charge in [-0.3, -0.25) is 0 Å². The summed E-state index contributed by atoms with van der Waals surface area (Å²) in [5.41, 5.74) is 3.17. The van der Waals surface area contributed by atoms with Crippen LogP contribution >= 0.6 is 0 Å². The molecule has 0 atom stereocenters. The number of carbonyl (C=O) groups is 1. The number of aromatic nitrogens is 1. The van der Waals surface area contributed by atoms with Crippen molar-refractivity contribution in [3.63, 3.8) is 0 Å².